The van der Waals surface area contributed by atoms with Crippen LogP contribution in [0.3, 0.4) is 0 Å². The Labute approximate surface area is 154 Å². The molecule has 3 rings (SSSR count). The number of benzene rings is 1. The van der Waals surface area contributed by atoms with Crippen LogP contribution >= 0.6 is 39.9 Å². The number of piperazine rings is 1. The van der Waals surface area contributed by atoms with Gasteiger partial charge in [0.1, 0.15) is 0 Å². The minimum atomic E-state index is -0.0270. The van der Waals surface area contributed by atoms with Gasteiger partial charge in [0.25, 0.3) is 5.91 Å². The first kappa shape index (κ1) is 18.2. The SMILES string of the molecule is Cl.O=C(c1cc(Cl)ccc1Br)N1CCNCC1c1cccnc1. The van der Waals surface area contributed by atoms with Crippen LogP contribution in [0, 0.1) is 0 Å². The molecule has 0 bridgehead atoms. The van der Waals surface area contributed by atoms with Gasteiger partial charge in [-0.1, -0.05) is 17.7 Å². The number of hydrogen-bond donors (Lipinski definition) is 1. The van der Waals surface area contributed by atoms with Crippen molar-refractivity contribution in [3.63, 3.8) is 0 Å². The quantitative estimate of drug-likeness (QED) is 0.811. The monoisotopic (exact) mass is 415 g/mol. The van der Waals surface area contributed by atoms with Crippen molar-refractivity contribution in [2.45, 2.75) is 6.04 Å². The highest BCUT2D eigenvalue weighted by Crippen LogP contribution is 2.28. The second kappa shape index (κ2) is 8.11. The number of carbonyl (C=O) groups is 1. The van der Waals surface area contributed by atoms with E-state index in [0.29, 0.717) is 17.1 Å². The number of amides is 1. The molecule has 1 aromatic heterocycles. The Bertz CT molecular complexity index is 684. The highest BCUT2D eigenvalue weighted by atomic mass is 79.9. The van der Waals surface area contributed by atoms with E-state index in [9.17, 15) is 4.79 Å². The van der Waals surface area contributed by atoms with Crippen molar-refractivity contribution in [1.29, 1.82) is 0 Å². The third-order valence-electron chi connectivity index (χ3n) is 3.73. The number of aromatic nitrogens is 1. The van der Waals surface area contributed by atoms with E-state index in [4.69, 9.17) is 11.6 Å². The van der Waals surface area contributed by atoms with E-state index in [-0.39, 0.29) is 24.4 Å². The maximum absolute atomic E-state index is 12.9. The highest BCUT2D eigenvalue weighted by Gasteiger charge is 2.29. The number of carbonyl (C=O) groups excluding carboxylic acids is 1. The Morgan fingerprint density at radius 2 is 2.22 bits per heavy atom. The van der Waals surface area contributed by atoms with Crippen molar-refractivity contribution in [1.82, 2.24) is 15.2 Å². The predicted octanol–water partition coefficient (Wildman–Crippen LogP) is 3.71. The van der Waals surface area contributed by atoms with Gasteiger partial charge >= 0.3 is 0 Å². The Morgan fingerprint density at radius 3 is 2.96 bits per heavy atom. The molecule has 0 spiro atoms. The number of halogens is 3. The fourth-order valence-corrected chi connectivity index (χ4v) is 3.22. The first-order valence-corrected chi connectivity index (χ1v) is 8.20. The van der Waals surface area contributed by atoms with E-state index in [1.165, 1.54) is 0 Å². The summed E-state index contributed by atoms with van der Waals surface area (Å²) in [7, 11) is 0. The lowest BCUT2D eigenvalue weighted by molar-refractivity contribution is 0.0633. The van der Waals surface area contributed by atoms with E-state index in [1.807, 2.05) is 23.2 Å². The summed E-state index contributed by atoms with van der Waals surface area (Å²) in [4.78, 5) is 19.0. The fourth-order valence-electron chi connectivity index (χ4n) is 2.63. The van der Waals surface area contributed by atoms with Gasteiger partial charge < -0.3 is 10.2 Å². The van der Waals surface area contributed by atoms with E-state index in [2.05, 4.69) is 26.2 Å². The van der Waals surface area contributed by atoms with Crippen LogP contribution in [0.1, 0.15) is 22.0 Å². The van der Waals surface area contributed by atoms with Gasteiger partial charge in [-0.15, -0.1) is 12.4 Å². The Morgan fingerprint density at radius 1 is 1.39 bits per heavy atom. The Balaban J connectivity index is 0.00000192. The minimum Gasteiger partial charge on any atom is -0.329 e. The zero-order chi connectivity index (χ0) is 15.5. The van der Waals surface area contributed by atoms with Crippen molar-refractivity contribution >= 4 is 45.8 Å². The molecule has 23 heavy (non-hydrogen) atoms. The highest BCUT2D eigenvalue weighted by molar-refractivity contribution is 9.10. The third-order valence-corrected chi connectivity index (χ3v) is 4.66. The van der Waals surface area contributed by atoms with E-state index in [1.54, 1.807) is 24.4 Å². The van der Waals surface area contributed by atoms with Crippen LogP contribution < -0.4 is 5.32 Å². The van der Waals surface area contributed by atoms with Crippen molar-refractivity contribution in [2.75, 3.05) is 19.6 Å². The molecule has 4 nitrogen and oxygen atoms in total. The Hall–Kier alpha value is -1.14. The van der Waals surface area contributed by atoms with Crippen molar-refractivity contribution in [3.05, 3.63) is 63.3 Å². The predicted molar refractivity (Wildman–Crippen MR) is 97.3 cm³/mol. The topological polar surface area (TPSA) is 45.2 Å². The van der Waals surface area contributed by atoms with Gasteiger partial charge in [-0.25, -0.2) is 0 Å². The average Bonchev–Trinajstić information content (AvgIpc) is 2.57. The standard InChI is InChI=1S/C16H15BrClN3O.ClH/c17-14-4-3-12(18)8-13(14)16(22)21-7-6-20-10-15(21)11-2-1-5-19-9-11;/h1-5,8-9,15,20H,6-7,10H2;1H. The maximum atomic E-state index is 12.9. The summed E-state index contributed by atoms with van der Waals surface area (Å²) in [5.74, 6) is -0.0234. The average molecular weight is 417 g/mol. The smallest absolute Gasteiger partial charge is 0.255 e. The number of nitrogens with one attached hydrogen (secondary N) is 1. The molecule has 0 radical (unpaired) electrons. The van der Waals surface area contributed by atoms with E-state index >= 15 is 0 Å². The van der Waals surface area contributed by atoms with Gasteiger partial charge in [0.15, 0.2) is 0 Å². The molecular formula is C16H16BrCl2N3O. The summed E-state index contributed by atoms with van der Waals surface area (Å²) in [5.41, 5.74) is 1.62. The normalized spacial score (nSPS) is 17.5. The molecular weight excluding hydrogens is 401 g/mol. The molecule has 1 aliphatic rings. The largest absolute Gasteiger partial charge is 0.329 e. The lowest BCUT2D eigenvalue weighted by atomic mass is 10.0. The molecule has 1 N–H and O–H groups in total. The zero-order valence-electron chi connectivity index (χ0n) is 12.2. The van der Waals surface area contributed by atoms with Crippen LogP contribution in [-0.4, -0.2) is 35.4 Å². The number of hydrogen-bond acceptors (Lipinski definition) is 3. The molecule has 1 unspecified atom stereocenters. The molecule has 2 heterocycles. The van der Waals surface area contributed by atoms with Crippen molar-refractivity contribution in [3.8, 4) is 0 Å². The molecule has 1 aromatic carbocycles. The second-order valence-electron chi connectivity index (χ2n) is 5.13. The number of rotatable bonds is 2. The summed E-state index contributed by atoms with van der Waals surface area (Å²) >= 11 is 9.48. The van der Waals surface area contributed by atoms with Crippen LogP contribution in [-0.2, 0) is 0 Å². The number of nitrogens with zero attached hydrogens (tertiary/aromatic N) is 2. The third kappa shape index (κ3) is 4.04. The molecule has 122 valence electrons. The fraction of sp³-hybridized carbons (Fsp3) is 0.250. The molecule has 1 atom stereocenters. The molecule has 1 aliphatic heterocycles. The second-order valence-corrected chi connectivity index (χ2v) is 6.42. The van der Waals surface area contributed by atoms with Crippen LogP contribution in [0.2, 0.25) is 5.02 Å². The van der Waals surface area contributed by atoms with Crippen molar-refractivity contribution in [2.24, 2.45) is 0 Å². The van der Waals surface area contributed by atoms with Crippen LogP contribution in [0.5, 0.6) is 0 Å². The summed E-state index contributed by atoms with van der Waals surface area (Å²) in [6.07, 6.45) is 3.55. The minimum absolute atomic E-state index is 0. The molecule has 1 saturated heterocycles. The summed E-state index contributed by atoms with van der Waals surface area (Å²) in [5, 5.41) is 3.89. The van der Waals surface area contributed by atoms with Crippen LogP contribution in [0.4, 0.5) is 0 Å². The van der Waals surface area contributed by atoms with Crippen LogP contribution in [0.25, 0.3) is 0 Å². The molecule has 0 aliphatic carbocycles. The first-order valence-electron chi connectivity index (χ1n) is 7.03. The molecule has 1 amide bonds. The number of pyridine rings is 1. The van der Waals surface area contributed by atoms with Gasteiger partial charge in [-0.2, -0.15) is 0 Å². The lowest BCUT2D eigenvalue weighted by Crippen LogP contribution is -2.48. The first-order chi connectivity index (χ1) is 10.7. The summed E-state index contributed by atoms with van der Waals surface area (Å²) in [6, 6.07) is 9.13. The van der Waals surface area contributed by atoms with Gasteiger partial charge in [0.05, 0.1) is 11.6 Å². The maximum Gasteiger partial charge on any atom is 0.255 e. The zero-order valence-corrected chi connectivity index (χ0v) is 15.4. The van der Waals surface area contributed by atoms with Gasteiger partial charge in [-0.05, 0) is 45.8 Å². The van der Waals surface area contributed by atoms with Gasteiger partial charge in [-0.3, -0.25) is 9.78 Å². The molecule has 2 aromatic rings. The van der Waals surface area contributed by atoms with Crippen LogP contribution in [0.15, 0.2) is 47.2 Å². The molecule has 0 saturated carbocycles. The van der Waals surface area contributed by atoms with E-state index < -0.39 is 0 Å². The summed E-state index contributed by atoms with van der Waals surface area (Å²) in [6.45, 7) is 2.15. The lowest BCUT2D eigenvalue weighted by Gasteiger charge is -2.36. The summed E-state index contributed by atoms with van der Waals surface area (Å²) < 4.78 is 0.755. The molecule has 1 fully saturated rings. The van der Waals surface area contributed by atoms with Gasteiger partial charge in [0, 0.05) is 41.5 Å². The Kier molecular flexibility index (Phi) is 6.41. The van der Waals surface area contributed by atoms with Crippen molar-refractivity contribution < 1.29 is 4.79 Å². The van der Waals surface area contributed by atoms with E-state index in [0.717, 1.165) is 23.1 Å². The van der Waals surface area contributed by atoms with Gasteiger partial charge in [0.2, 0.25) is 0 Å². The molecule has 7 heteroatoms.